The summed E-state index contributed by atoms with van der Waals surface area (Å²) in [6, 6.07) is 0. The number of carbonyl (C=O) groups excluding carboxylic acids is 2. The number of piperazine rings is 1. The molecule has 5 heteroatoms. The van der Waals surface area contributed by atoms with Crippen molar-refractivity contribution >= 4 is 11.8 Å². The number of rotatable bonds is 5. The summed E-state index contributed by atoms with van der Waals surface area (Å²) in [7, 11) is 0. The topological polar surface area (TPSA) is 52.7 Å². The van der Waals surface area contributed by atoms with Gasteiger partial charge in [-0.2, -0.15) is 0 Å². The monoisotopic (exact) mass is 307 g/mol. The molecule has 22 heavy (non-hydrogen) atoms. The van der Waals surface area contributed by atoms with Crippen LogP contribution in [0.1, 0.15) is 39.0 Å². The van der Waals surface area contributed by atoms with Crippen LogP contribution in [0.3, 0.4) is 0 Å². The largest absolute Gasteiger partial charge is 0.355 e. The SMILES string of the molecule is CCCNC(=O)CN1CCN(C(=O)C2CC3CCC2C3)CC1. The average Bonchev–Trinajstić information content (AvgIpc) is 3.16. The molecule has 3 fully saturated rings. The van der Waals surface area contributed by atoms with Gasteiger partial charge in [-0.3, -0.25) is 14.5 Å². The second-order valence-corrected chi connectivity index (χ2v) is 7.23. The Morgan fingerprint density at radius 3 is 2.45 bits per heavy atom. The van der Waals surface area contributed by atoms with Gasteiger partial charge in [0, 0.05) is 38.6 Å². The molecule has 3 aliphatic rings. The Balaban J connectivity index is 1.42. The number of carbonyl (C=O) groups is 2. The molecular weight excluding hydrogens is 278 g/mol. The molecule has 0 aromatic heterocycles. The summed E-state index contributed by atoms with van der Waals surface area (Å²) >= 11 is 0. The summed E-state index contributed by atoms with van der Waals surface area (Å²) < 4.78 is 0. The van der Waals surface area contributed by atoms with Gasteiger partial charge in [0.25, 0.3) is 0 Å². The lowest BCUT2D eigenvalue weighted by atomic mass is 9.87. The lowest BCUT2D eigenvalue weighted by molar-refractivity contribution is -0.139. The van der Waals surface area contributed by atoms with E-state index in [-0.39, 0.29) is 5.91 Å². The first-order chi connectivity index (χ1) is 10.7. The van der Waals surface area contributed by atoms with Crippen molar-refractivity contribution in [2.45, 2.75) is 39.0 Å². The summed E-state index contributed by atoms with van der Waals surface area (Å²) in [5.74, 6) is 2.29. The normalized spacial score (nSPS) is 31.5. The highest BCUT2D eigenvalue weighted by atomic mass is 16.2. The number of hydrogen-bond acceptors (Lipinski definition) is 3. The first kappa shape index (κ1) is 15.8. The third-order valence-corrected chi connectivity index (χ3v) is 5.68. The van der Waals surface area contributed by atoms with Gasteiger partial charge in [0.1, 0.15) is 0 Å². The Hall–Kier alpha value is -1.10. The van der Waals surface area contributed by atoms with Crippen LogP contribution in [0.15, 0.2) is 0 Å². The molecule has 1 aliphatic heterocycles. The average molecular weight is 307 g/mol. The molecule has 0 aromatic rings. The fourth-order valence-corrected chi connectivity index (χ4v) is 4.43. The van der Waals surface area contributed by atoms with Crippen molar-refractivity contribution < 1.29 is 9.59 Å². The van der Waals surface area contributed by atoms with E-state index in [0.29, 0.717) is 24.3 Å². The van der Waals surface area contributed by atoms with Gasteiger partial charge in [0.05, 0.1) is 6.54 Å². The highest BCUT2D eigenvalue weighted by Crippen LogP contribution is 2.48. The number of amides is 2. The molecule has 0 aromatic carbocycles. The second-order valence-electron chi connectivity index (χ2n) is 7.23. The predicted molar refractivity (Wildman–Crippen MR) is 85.3 cm³/mol. The molecule has 0 radical (unpaired) electrons. The van der Waals surface area contributed by atoms with Crippen molar-refractivity contribution in [1.29, 1.82) is 0 Å². The molecule has 3 rings (SSSR count). The third kappa shape index (κ3) is 3.45. The van der Waals surface area contributed by atoms with Crippen molar-refractivity contribution in [3.63, 3.8) is 0 Å². The first-order valence-corrected chi connectivity index (χ1v) is 8.95. The van der Waals surface area contributed by atoms with E-state index in [1.54, 1.807) is 0 Å². The van der Waals surface area contributed by atoms with Crippen molar-refractivity contribution in [2.24, 2.45) is 17.8 Å². The van der Waals surface area contributed by atoms with Crippen molar-refractivity contribution in [2.75, 3.05) is 39.3 Å². The van der Waals surface area contributed by atoms with Gasteiger partial charge >= 0.3 is 0 Å². The smallest absolute Gasteiger partial charge is 0.234 e. The zero-order chi connectivity index (χ0) is 15.5. The molecular formula is C17H29N3O2. The first-order valence-electron chi connectivity index (χ1n) is 8.95. The van der Waals surface area contributed by atoms with Gasteiger partial charge < -0.3 is 10.2 Å². The molecule has 124 valence electrons. The van der Waals surface area contributed by atoms with Crippen molar-refractivity contribution in [3.8, 4) is 0 Å². The van der Waals surface area contributed by atoms with E-state index in [4.69, 9.17) is 0 Å². The van der Waals surface area contributed by atoms with Gasteiger partial charge in [-0.25, -0.2) is 0 Å². The van der Waals surface area contributed by atoms with Crippen LogP contribution in [0.25, 0.3) is 0 Å². The van der Waals surface area contributed by atoms with Crippen LogP contribution in [0, 0.1) is 17.8 Å². The maximum atomic E-state index is 12.7. The molecule has 1 heterocycles. The van der Waals surface area contributed by atoms with Crippen molar-refractivity contribution in [1.82, 2.24) is 15.1 Å². The van der Waals surface area contributed by atoms with Crippen LogP contribution in [0.4, 0.5) is 0 Å². The summed E-state index contributed by atoms with van der Waals surface area (Å²) in [5, 5.41) is 2.92. The Morgan fingerprint density at radius 2 is 1.86 bits per heavy atom. The summed E-state index contributed by atoms with van der Waals surface area (Å²) in [6.07, 6.45) is 5.99. The maximum Gasteiger partial charge on any atom is 0.234 e. The summed E-state index contributed by atoms with van der Waals surface area (Å²) in [5.41, 5.74) is 0. The summed E-state index contributed by atoms with van der Waals surface area (Å²) in [4.78, 5) is 28.6. The molecule has 5 nitrogen and oxygen atoms in total. The minimum absolute atomic E-state index is 0.106. The van der Waals surface area contributed by atoms with Gasteiger partial charge in [0.2, 0.25) is 11.8 Å². The number of hydrogen-bond donors (Lipinski definition) is 1. The van der Waals surface area contributed by atoms with E-state index >= 15 is 0 Å². The number of nitrogens with zero attached hydrogens (tertiary/aromatic N) is 2. The quantitative estimate of drug-likeness (QED) is 0.827. The highest BCUT2D eigenvalue weighted by Gasteiger charge is 2.44. The molecule has 2 aliphatic carbocycles. The van der Waals surface area contributed by atoms with E-state index < -0.39 is 0 Å². The predicted octanol–water partition coefficient (Wildman–Crippen LogP) is 1.09. The van der Waals surface area contributed by atoms with E-state index in [1.165, 1.54) is 19.3 Å². The Kier molecular flexibility index (Phi) is 5.01. The van der Waals surface area contributed by atoms with Crippen LogP contribution >= 0.6 is 0 Å². The molecule has 0 spiro atoms. The molecule has 3 atom stereocenters. The van der Waals surface area contributed by atoms with Gasteiger partial charge in [0.15, 0.2) is 0 Å². The summed E-state index contributed by atoms with van der Waals surface area (Å²) in [6.45, 7) is 6.50. The van der Waals surface area contributed by atoms with Crippen LogP contribution in [-0.2, 0) is 9.59 Å². The molecule has 2 bridgehead atoms. The van der Waals surface area contributed by atoms with Crippen LogP contribution in [-0.4, -0.2) is 60.9 Å². The number of fused-ring (bicyclic) bond motifs is 2. The fraction of sp³-hybridized carbons (Fsp3) is 0.882. The van der Waals surface area contributed by atoms with E-state index in [9.17, 15) is 9.59 Å². The van der Waals surface area contributed by atoms with Crippen molar-refractivity contribution in [3.05, 3.63) is 0 Å². The van der Waals surface area contributed by atoms with Crippen LogP contribution in [0.5, 0.6) is 0 Å². The van der Waals surface area contributed by atoms with E-state index in [2.05, 4.69) is 17.1 Å². The standard InChI is InChI=1S/C17H29N3O2/c1-2-5-18-16(21)12-19-6-8-20(9-7-19)17(22)15-11-13-3-4-14(15)10-13/h13-15H,2-12H2,1H3,(H,18,21). The number of nitrogens with one attached hydrogen (secondary N) is 1. The maximum absolute atomic E-state index is 12.7. The molecule has 3 unspecified atom stereocenters. The fourth-order valence-electron chi connectivity index (χ4n) is 4.43. The minimum atomic E-state index is 0.106. The van der Waals surface area contributed by atoms with Crippen LogP contribution in [0.2, 0.25) is 0 Å². The third-order valence-electron chi connectivity index (χ3n) is 5.68. The van der Waals surface area contributed by atoms with E-state index in [0.717, 1.165) is 51.5 Å². The zero-order valence-corrected chi connectivity index (χ0v) is 13.7. The molecule has 1 N–H and O–H groups in total. The highest BCUT2D eigenvalue weighted by molar-refractivity contribution is 5.80. The molecule has 2 saturated carbocycles. The Morgan fingerprint density at radius 1 is 1.09 bits per heavy atom. The van der Waals surface area contributed by atoms with Gasteiger partial charge in [-0.05, 0) is 37.5 Å². The Bertz CT molecular complexity index is 418. The van der Waals surface area contributed by atoms with Gasteiger partial charge in [-0.1, -0.05) is 13.3 Å². The van der Waals surface area contributed by atoms with Gasteiger partial charge in [-0.15, -0.1) is 0 Å². The molecule has 2 amide bonds. The lowest BCUT2D eigenvalue weighted by Gasteiger charge is -2.37. The minimum Gasteiger partial charge on any atom is -0.355 e. The second kappa shape index (κ2) is 6.99. The zero-order valence-electron chi connectivity index (χ0n) is 13.7. The Labute approximate surface area is 133 Å². The molecule has 1 saturated heterocycles. The van der Waals surface area contributed by atoms with Crippen LogP contribution < -0.4 is 5.32 Å². The lowest BCUT2D eigenvalue weighted by Crippen LogP contribution is -2.52. The van der Waals surface area contributed by atoms with E-state index in [1.807, 2.05) is 4.90 Å².